The fraction of sp³-hybridized carbons (Fsp3) is 0. The molecule has 0 spiro atoms. The third-order valence-corrected chi connectivity index (χ3v) is 9.47. The zero-order valence-corrected chi connectivity index (χ0v) is 25.8. The Morgan fingerprint density at radius 2 is 1.04 bits per heavy atom. The molecule has 4 heteroatoms. The van der Waals surface area contributed by atoms with Crippen molar-refractivity contribution in [1.82, 2.24) is 14.5 Å². The van der Waals surface area contributed by atoms with Crippen LogP contribution >= 0.6 is 0 Å². The highest BCUT2D eigenvalue weighted by molar-refractivity contribution is 6.28. The number of hydrogen-bond donors (Lipinski definition) is 0. The molecule has 0 aliphatic carbocycles. The van der Waals surface area contributed by atoms with Gasteiger partial charge in [-0.2, -0.15) is 0 Å². The number of nitrogens with zero attached hydrogens (tertiary/aromatic N) is 3. The fourth-order valence-corrected chi connectivity index (χ4v) is 7.32. The van der Waals surface area contributed by atoms with E-state index in [1.807, 2.05) is 24.5 Å². The van der Waals surface area contributed by atoms with Crippen molar-refractivity contribution in [1.29, 1.82) is 0 Å². The largest absolute Gasteiger partial charge is 0.456 e. The van der Waals surface area contributed by atoms with Crippen molar-refractivity contribution >= 4 is 54.5 Å². The lowest BCUT2D eigenvalue weighted by molar-refractivity contribution is 0.669. The van der Waals surface area contributed by atoms with Crippen LogP contribution in [0.4, 0.5) is 0 Å². The molecule has 0 aliphatic rings. The van der Waals surface area contributed by atoms with E-state index in [-0.39, 0.29) is 0 Å². The number of furan rings is 1. The fourth-order valence-electron chi connectivity index (χ4n) is 7.32. The van der Waals surface area contributed by atoms with Crippen molar-refractivity contribution < 1.29 is 4.42 Å². The first kappa shape index (κ1) is 26.7. The highest BCUT2D eigenvalue weighted by Gasteiger charge is 2.19. The average molecular weight is 614 g/mol. The standard InChI is InChI=1S/C44H27N3O/c1-3-11-28(12-4-1)30-23-31(29-13-5-2-6-14-29)25-32(24-30)37-26-45-27-42(46-37)47-38-17-9-7-15-35(38)43-33-20-22-41-44(34(33)19-21-39(43)47)36-16-8-10-18-40(36)48-41/h1-27H. The lowest BCUT2D eigenvalue weighted by atomic mass is 9.95. The second-order valence-corrected chi connectivity index (χ2v) is 12.2. The van der Waals surface area contributed by atoms with Crippen molar-refractivity contribution in [3.05, 3.63) is 164 Å². The minimum absolute atomic E-state index is 0.777. The van der Waals surface area contributed by atoms with Crippen molar-refractivity contribution in [2.75, 3.05) is 0 Å². The second-order valence-electron chi connectivity index (χ2n) is 12.2. The van der Waals surface area contributed by atoms with Crippen LogP contribution in [0.1, 0.15) is 0 Å². The molecule has 4 nitrogen and oxygen atoms in total. The van der Waals surface area contributed by atoms with E-state index in [0.717, 1.165) is 72.3 Å². The lowest BCUT2D eigenvalue weighted by Gasteiger charge is -2.12. The monoisotopic (exact) mass is 613 g/mol. The summed E-state index contributed by atoms with van der Waals surface area (Å²) in [4.78, 5) is 10.1. The molecule has 10 aromatic rings. The molecule has 48 heavy (non-hydrogen) atoms. The Kier molecular flexibility index (Phi) is 5.84. The topological polar surface area (TPSA) is 43.9 Å². The molecule has 0 bridgehead atoms. The first-order valence-electron chi connectivity index (χ1n) is 16.1. The van der Waals surface area contributed by atoms with Crippen LogP contribution in [0.3, 0.4) is 0 Å². The molecular formula is C44H27N3O. The van der Waals surface area contributed by atoms with Gasteiger partial charge in [-0.25, -0.2) is 4.98 Å². The molecule has 0 saturated heterocycles. The zero-order valence-electron chi connectivity index (χ0n) is 25.8. The van der Waals surface area contributed by atoms with E-state index < -0.39 is 0 Å². The van der Waals surface area contributed by atoms with Gasteiger partial charge in [0.1, 0.15) is 11.2 Å². The number of para-hydroxylation sites is 2. The van der Waals surface area contributed by atoms with Gasteiger partial charge in [0.2, 0.25) is 0 Å². The van der Waals surface area contributed by atoms with Gasteiger partial charge in [-0.3, -0.25) is 9.55 Å². The summed E-state index contributed by atoms with van der Waals surface area (Å²) in [6.07, 6.45) is 3.73. The highest BCUT2D eigenvalue weighted by atomic mass is 16.3. The number of aromatic nitrogens is 3. The molecule has 0 amide bonds. The van der Waals surface area contributed by atoms with E-state index in [9.17, 15) is 0 Å². The molecule has 0 N–H and O–H groups in total. The zero-order chi connectivity index (χ0) is 31.6. The predicted octanol–water partition coefficient (Wildman–Crippen LogP) is 11.6. The van der Waals surface area contributed by atoms with E-state index in [0.29, 0.717) is 0 Å². The first-order valence-corrected chi connectivity index (χ1v) is 16.1. The van der Waals surface area contributed by atoms with Crippen molar-refractivity contribution in [3.63, 3.8) is 0 Å². The molecule has 0 unspecified atom stereocenters. The van der Waals surface area contributed by atoms with Crippen molar-refractivity contribution in [3.8, 4) is 39.3 Å². The van der Waals surface area contributed by atoms with Gasteiger partial charge in [0.15, 0.2) is 5.82 Å². The van der Waals surface area contributed by atoms with Gasteiger partial charge in [-0.1, -0.05) is 103 Å². The summed E-state index contributed by atoms with van der Waals surface area (Å²) in [6, 6.07) is 53.3. The molecule has 3 heterocycles. The summed E-state index contributed by atoms with van der Waals surface area (Å²) in [5.74, 6) is 0.777. The van der Waals surface area contributed by atoms with Gasteiger partial charge in [0, 0.05) is 27.1 Å². The van der Waals surface area contributed by atoms with Gasteiger partial charge < -0.3 is 4.42 Å². The quantitative estimate of drug-likeness (QED) is 0.198. The van der Waals surface area contributed by atoms with Crippen LogP contribution in [-0.4, -0.2) is 14.5 Å². The van der Waals surface area contributed by atoms with Gasteiger partial charge in [-0.15, -0.1) is 0 Å². The minimum Gasteiger partial charge on any atom is -0.456 e. The van der Waals surface area contributed by atoms with Crippen LogP contribution in [0.5, 0.6) is 0 Å². The average Bonchev–Trinajstić information content (AvgIpc) is 3.72. The van der Waals surface area contributed by atoms with Gasteiger partial charge in [-0.05, 0) is 81.6 Å². The van der Waals surface area contributed by atoms with E-state index in [1.54, 1.807) is 0 Å². The summed E-state index contributed by atoms with van der Waals surface area (Å²) in [6.45, 7) is 0. The van der Waals surface area contributed by atoms with Crippen LogP contribution in [0.2, 0.25) is 0 Å². The smallest absolute Gasteiger partial charge is 0.156 e. The highest BCUT2D eigenvalue weighted by Crippen LogP contribution is 2.41. The third kappa shape index (κ3) is 4.10. The summed E-state index contributed by atoms with van der Waals surface area (Å²) in [7, 11) is 0. The van der Waals surface area contributed by atoms with Crippen LogP contribution < -0.4 is 0 Å². The number of rotatable bonds is 4. The Morgan fingerprint density at radius 3 is 1.81 bits per heavy atom. The van der Waals surface area contributed by atoms with E-state index in [2.05, 4.69) is 144 Å². The van der Waals surface area contributed by atoms with Gasteiger partial charge in [0.05, 0.1) is 29.1 Å². The molecule has 0 fully saturated rings. The maximum Gasteiger partial charge on any atom is 0.156 e. The molecule has 10 rings (SSSR count). The summed E-state index contributed by atoms with van der Waals surface area (Å²) in [5, 5.41) is 7.02. The normalized spacial score (nSPS) is 11.8. The lowest BCUT2D eigenvalue weighted by Crippen LogP contribution is -2.00. The maximum absolute atomic E-state index is 6.24. The first-order chi connectivity index (χ1) is 23.8. The van der Waals surface area contributed by atoms with E-state index in [4.69, 9.17) is 14.4 Å². The Morgan fingerprint density at radius 1 is 0.417 bits per heavy atom. The minimum atomic E-state index is 0.777. The molecular weight excluding hydrogens is 587 g/mol. The SMILES string of the molecule is c1ccc(-c2cc(-c3ccccc3)cc(-c3cncc(-n4c5ccccc5c5c6ccc7oc8ccccc8c7c6ccc54)n3)c2)cc1. The van der Waals surface area contributed by atoms with Crippen LogP contribution in [0.15, 0.2) is 168 Å². The van der Waals surface area contributed by atoms with Crippen LogP contribution in [0.25, 0.3) is 93.8 Å². The van der Waals surface area contributed by atoms with Gasteiger partial charge in [0.25, 0.3) is 0 Å². The number of fused-ring (bicyclic) bond motifs is 9. The Labute approximate surface area is 276 Å². The Hall–Kier alpha value is -6.52. The van der Waals surface area contributed by atoms with Gasteiger partial charge >= 0.3 is 0 Å². The summed E-state index contributed by atoms with van der Waals surface area (Å²) < 4.78 is 8.49. The molecule has 7 aromatic carbocycles. The van der Waals surface area contributed by atoms with Crippen LogP contribution in [-0.2, 0) is 0 Å². The molecule has 0 radical (unpaired) electrons. The Balaban J connectivity index is 1.20. The van der Waals surface area contributed by atoms with E-state index in [1.165, 1.54) is 21.5 Å². The summed E-state index contributed by atoms with van der Waals surface area (Å²) in [5.41, 5.74) is 10.4. The van der Waals surface area contributed by atoms with E-state index >= 15 is 0 Å². The van der Waals surface area contributed by atoms with Crippen molar-refractivity contribution in [2.45, 2.75) is 0 Å². The second kappa shape index (κ2) is 10.5. The Bertz CT molecular complexity index is 2770. The molecule has 0 saturated carbocycles. The molecule has 224 valence electrons. The third-order valence-electron chi connectivity index (χ3n) is 9.47. The number of hydrogen-bond acceptors (Lipinski definition) is 3. The van der Waals surface area contributed by atoms with Crippen molar-refractivity contribution in [2.24, 2.45) is 0 Å². The summed E-state index contributed by atoms with van der Waals surface area (Å²) >= 11 is 0. The predicted molar refractivity (Wildman–Crippen MR) is 197 cm³/mol. The molecule has 0 aliphatic heterocycles. The van der Waals surface area contributed by atoms with Crippen LogP contribution in [0, 0.1) is 0 Å². The maximum atomic E-state index is 6.24. The molecule has 0 atom stereocenters. The molecule has 3 aromatic heterocycles. The number of benzene rings is 7.